The quantitative estimate of drug-likeness (QED) is 0.688. The van der Waals surface area contributed by atoms with E-state index in [9.17, 15) is 0 Å². The van der Waals surface area contributed by atoms with E-state index in [1.807, 2.05) is 24.3 Å². The first-order valence-corrected chi connectivity index (χ1v) is 4.04. The standard InChI is InChI=1S/C9H10N4/c10-9-4-2-1-3-8(9)7-13-11-5-6-12-13/h1-6H,7,10H2. The Kier molecular flexibility index (Phi) is 1.96. The Morgan fingerprint density at radius 1 is 1.15 bits per heavy atom. The van der Waals surface area contributed by atoms with Crippen LogP contribution >= 0.6 is 0 Å². The average molecular weight is 174 g/mol. The number of anilines is 1. The summed E-state index contributed by atoms with van der Waals surface area (Å²) in [5, 5.41) is 8.01. The number of rotatable bonds is 2. The average Bonchev–Trinajstić information content (AvgIpc) is 2.61. The molecular formula is C9H10N4. The normalized spacial score (nSPS) is 10.2. The van der Waals surface area contributed by atoms with Gasteiger partial charge in [-0.1, -0.05) is 18.2 Å². The molecule has 2 rings (SSSR count). The number of benzene rings is 1. The first-order chi connectivity index (χ1) is 6.36. The van der Waals surface area contributed by atoms with Crippen molar-refractivity contribution in [3.05, 3.63) is 42.2 Å². The molecule has 0 radical (unpaired) electrons. The van der Waals surface area contributed by atoms with Crippen molar-refractivity contribution < 1.29 is 0 Å². The molecule has 0 aliphatic rings. The van der Waals surface area contributed by atoms with Crippen LogP contribution in [0, 0.1) is 0 Å². The predicted octanol–water partition coefficient (Wildman–Crippen LogP) is 0.909. The highest BCUT2D eigenvalue weighted by Crippen LogP contribution is 2.10. The predicted molar refractivity (Wildman–Crippen MR) is 50.0 cm³/mol. The molecule has 1 aromatic carbocycles. The molecule has 2 aromatic rings. The molecule has 0 saturated carbocycles. The molecule has 0 amide bonds. The number of hydrogen-bond donors (Lipinski definition) is 1. The Balaban J connectivity index is 2.24. The summed E-state index contributed by atoms with van der Waals surface area (Å²) in [5.41, 5.74) is 7.59. The van der Waals surface area contributed by atoms with Crippen LogP contribution in [-0.4, -0.2) is 15.0 Å². The number of hydrogen-bond acceptors (Lipinski definition) is 3. The van der Waals surface area contributed by atoms with Crippen molar-refractivity contribution in [2.75, 3.05) is 5.73 Å². The summed E-state index contributed by atoms with van der Waals surface area (Å²) in [7, 11) is 0. The zero-order valence-electron chi connectivity index (χ0n) is 7.09. The van der Waals surface area contributed by atoms with Crippen molar-refractivity contribution in [2.45, 2.75) is 6.54 Å². The summed E-state index contributed by atoms with van der Waals surface area (Å²) in [6, 6.07) is 7.71. The van der Waals surface area contributed by atoms with E-state index in [0.29, 0.717) is 6.54 Å². The molecule has 0 bridgehead atoms. The van der Waals surface area contributed by atoms with E-state index in [1.54, 1.807) is 17.2 Å². The molecule has 0 aliphatic heterocycles. The van der Waals surface area contributed by atoms with Crippen LogP contribution in [0.1, 0.15) is 5.56 Å². The van der Waals surface area contributed by atoms with Gasteiger partial charge >= 0.3 is 0 Å². The van der Waals surface area contributed by atoms with Crippen LogP contribution < -0.4 is 5.73 Å². The van der Waals surface area contributed by atoms with Gasteiger partial charge in [-0.3, -0.25) is 0 Å². The monoisotopic (exact) mass is 174 g/mol. The highest BCUT2D eigenvalue weighted by atomic mass is 15.5. The molecule has 0 saturated heterocycles. The summed E-state index contributed by atoms with van der Waals surface area (Å²) < 4.78 is 0. The fourth-order valence-electron chi connectivity index (χ4n) is 1.16. The second-order valence-corrected chi connectivity index (χ2v) is 2.76. The van der Waals surface area contributed by atoms with Gasteiger partial charge in [-0.15, -0.1) is 0 Å². The molecule has 13 heavy (non-hydrogen) atoms. The van der Waals surface area contributed by atoms with Crippen molar-refractivity contribution >= 4 is 5.69 Å². The third-order valence-electron chi connectivity index (χ3n) is 1.83. The van der Waals surface area contributed by atoms with Gasteiger partial charge in [-0.2, -0.15) is 15.0 Å². The fraction of sp³-hybridized carbons (Fsp3) is 0.111. The minimum absolute atomic E-state index is 0.625. The maximum atomic E-state index is 5.77. The second-order valence-electron chi connectivity index (χ2n) is 2.76. The zero-order chi connectivity index (χ0) is 9.10. The van der Waals surface area contributed by atoms with Crippen LogP contribution in [-0.2, 0) is 6.54 Å². The highest BCUT2D eigenvalue weighted by Gasteiger charge is 1.98. The lowest BCUT2D eigenvalue weighted by Gasteiger charge is -2.03. The van der Waals surface area contributed by atoms with Gasteiger partial charge in [0.2, 0.25) is 0 Å². The number of nitrogen functional groups attached to an aromatic ring is 1. The summed E-state index contributed by atoms with van der Waals surface area (Å²) in [4.78, 5) is 1.60. The van der Waals surface area contributed by atoms with Crippen LogP contribution in [0.4, 0.5) is 5.69 Å². The first kappa shape index (κ1) is 7.79. The largest absolute Gasteiger partial charge is 0.398 e. The Morgan fingerprint density at radius 2 is 1.85 bits per heavy atom. The maximum absolute atomic E-state index is 5.77. The molecule has 0 atom stereocenters. The van der Waals surface area contributed by atoms with Crippen LogP contribution in [0.25, 0.3) is 0 Å². The Labute approximate surface area is 76.0 Å². The number of nitrogens with zero attached hydrogens (tertiary/aromatic N) is 3. The second kappa shape index (κ2) is 3.26. The third-order valence-corrected chi connectivity index (χ3v) is 1.83. The smallest absolute Gasteiger partial charge is 0.0877 e. The van der Waals surface area contributed by atoms with Crippen molar-refractivity contribution in [1.82, 2.24) is 15.0 Å². The summed E-state index contributed by atoms with van der Waals surface area (Å²) in [6.45, 7) is 0.625. The lowest BCUT2D eigenvalue weighted by atomic mass is 10.2. The lowest BCUT2D eigenvalue weighted by Crippen LogP contribution is -2.05. The molecule has 1 heterocycles. The van der Waals surface area contributed by atoms with E-state index in [-0.39, 0.29) is 0 Å². The van der Waals surface area contributed by atoms with Gasteiger partial charge in [0.1, 0.15) is 0 Å². The topological polar surface area (TPSA) is 56.7 Å². The zero-order valence-corrected chi connectivity index (χ0v) is 7.09. The molecule has 4 heteroatoms. The third kappa shape index (κ3) is 1.66. The van der Waals surface area contributed by atoms with E-state index in [4.69, 9.17) is 5.73 Å². The molecule has 0 spiro atoms. The van der Waals surface area contributed by atoms with Gasteiger partial charge in [0.25, 0.3) is 0 Å². The van der Waals surface area contributed by atoms with Crippen LogP contribution in [0.15, 0.2) is 36.7 Å². The van der Waals surface area contributed by atoms with Crippen molar-refractivity contribution in [1.29, 1.82) is 0 Å². The van der Waals surface area contributed by atoms with Gasteiger partial charge in [-0.05, 0) is 11.6 Å². The van der Waals surface area contributed by atoms with Gasteiger partial charge < -0.3 is 5.73 Å². The highest BCUT2D eigenvalue weighted by molar-refractivity contribution is 5.46. The van der Waals surface area contributed by atoms with Crippen molar-refractivity contribution in [2.24, 2.45) is 0 Å². The molecule has 4 nitrogen and oxygen atoms in total. The minimum Gasteiger partial charge on any atom is -0.398 e. The fourth-order valence-corrected chi connectivity index (χ4v) is 1.16. The Hall–Kier alpha value is -1.84. The number of aromatic nitrogens is 3. The van der Waals surface area contributed by atoms with E-state index in [2.05, 4.69) is 10.2 Å². The summed E-state index contributed by atoms with van der Waals surface area (Å²) >= 11 is 0. The molecule has 1 aromatic heterocycles. The van der Waals surface area contributed by atoms with E-state index < -0.39 is 0 Å². The van der Waals surface area contributed by atoms with Crippen molar-refractivity contribution in [3.8, 4) is 0 Å². The molecular weight excluding hydrogens is 164 g/mol. The SMILES string of the molecule is Nc1ccccc1Cn1nccn1. The number of para-hydroxylation sites is 1. The van der Waals surface area contributed by atoms with Crippen LogP contribution in [0.3, 0.4) is 0 Å². The van der Waals surface area contributed by atoms with E-state index in [0.717, 1.165) is 11.3 Å². The lowest BCUT2D eigenvalue weighted by molar-refractivity contribution is 0.592. The van der Waals surface area contributed by atoms with E-state index >= 15 is 0 Å². The summed E-state index contributed by atoms with van der Waals surface area (Å²) in [6.07, 6.45) is 3.30. The first-order valence-electron chi connectivity index (χ1n) is 4.04. The van der Waals surface area contributed by atoms with Gasteiger partial charge in [0.05, 0.1) is 18.9 Å². The van der Waals surface area contributed by atoms with Gasteiger partial charge in [0, 0.05) is 5.69 Å². The Bertz CT molecular complexity index is 380. The van der Waals surface area contributed by atoms with Gasteiger partial charge in [0.15, 0.2) is 0 Å². The van der Waals surface area contributed by atoms with Crippen molar-refractivity contribution in [3.63, 3.8) is 0 Å². The Morgan fingerprint density at radius 3 is 2.54 bits per heavy atom. The van der Waals surface area contributed by atoms with Crippen LogP contribution in [0.5, 0.6) is 0 Å². The van der Waals surface area contributed by atoms with Gasteiger partial charge in [-0.25, -0.2) is 0 Å². The van der Waals surface area contributed by atoms with Crippen LogP contribution in [0.2, 0.25) is 0 Å². The minimum atomic E-state index is 0.625. The number of nitrogens with two attached hydrogens (primary N) is 1. The van der Waals surface area contributed by atoms with E-state index in [1.165, 1.54) is 0 Å². The molecule has 66 valence electrons. The molecule has 0 aliphatic carbocycles. The summed E-state index contributed by atoms with van der Waals surface area (Å²) in [5.74, 6) is 0. The molecule has 0 fully saturated rings. The molecule has 2 N–H and O–H groups in total. The molecule has 0 unspecified atom stereocenters. The maximum Gasteiger partial charge on any atom is 0.0877 e.